The fraction of sp³-hybridized carbons (Fsp3) is 0.593. The van der Waals surface area contributed by atoms with Gasteiger partial charge in [-0.05, 0) is 49.9 Å². The van der Waals surface area contributed by atoms with Crippen LogP contribution in [0.5, 0.6) is 5.75 Å². The molecule has 0 aromatic heterocycles. The summed E-state index contributed by atoms with van der Waals surface area (Å²) >= 11 is 0. The number of carbonyl (C=O) groups is 5. The maximum Gasteiger partial charge on any atom is 0.412 e. The van der Waals surface area contributed by atoms with Crippen molar-refractivity contribution in [2.45, 2.75) is 52.4 Å². The SMILES string of the molecule is CCOC(=O)COc1ccc(C(=O)CN2CCNC(C3CCN(C(=O)OC(CC)OC(C)=O)CC3)C2=O)cc1. The zero-order valence-corrected chi connectivity index (χ0v) is 22.7. The van der Waals surface area contributed by atoms with E-state index in [1.165, 1.54) is 6.92 Å². The molecule has 2 atom stereocenters. The molecule has 2 unspecified atom stereocenters. The van der Waals surface area contributed by atoms with Crippen molar-refractivity contribution in [3.05, 3.63) is 29.8 Å². The average Bonchev–Trinajstić information content (AvgIpc) is 2.93. The van der Waals surface area contributed by atoms with Gasteiger partial charge in [0.2, 0.25) is 12.2 Å². The zero-order valence-electron chi connectivity index (χ0n) is 22.7. The molecule has 214 valence electrons. The zero-order chi connectivity index (χ0) is 28.4. The Labute approximate surface area is 227 Å². The van der Waals surface area contributed by atoms with E-state index in [4.69, 9.17) is 18.9 Å². The third kappa shape index (κ3) is 8.67. The highest BCUT2D eigenvalue weighted by Crippen LogP contribution is 2.24. The van der Waals surface area contributed by atoms with Gasteiger partial charge < -0.3 is 34.1 Å². The number of esters is 2. The number of likely N-dealkylation sites (tertiary alicyclic amines) is 1. The van der Waals surface area contributed by atoms with Gasteiger partial charge in [0, 0.05) is 45.1 Å². The molecule has 12 heteroatoms. The van der Waals surface area contributed by atoms with Gasteiger partial charge in [-0.2, -0.15) is 0 Å². The molecule has 0 aliphatic carbocycles. The van der Waals surface area contributed by atoms with Gasteiger partial charge in [-0.3, -0.25) is 14.4 Å². The summed E-state index contributed by atoms with van der Waals surface area (Å²) in [5.41, 5.74) is 0.437. The van der Waals surface area contributed by atoms with E-state index in [0.29, 0.717) is 56.8 Å². The molecule has 0 saturated carbocycles. The topological polar surface area (TPSA) is 141 Å². The lowest BCUT2D eigenvalue weighted by Crippen LogP contribution is -2.60. The number of ether oxygens (including phenoxy) is 4. The van der Waals surface area contributed by atoms with Gasteiger partial charge in [0.15, 0.2) is 12.4 Å². The third-order valence-electron chi connectivity index (χ3n) is 6.63. The van der Waals surface area contributed by atoms with Crippen molar-refractivity contribution < 1.29 is 42.9 Å². The van der Waals surface area contributed by atoms with Crippen molar-refractivity contribution in [3.8, 4) is 5.75 Å². The number of amides is 2. The number of piperazine rings is 1. The Morgan fingerprint density at radius 2 is 1.72 bits per heavy atom. The molecule has 0 bridgehead atoms. The number of rotatable bonds is 11. The van der Waals surface area contributed by atoms with Crippen LogP contribution in [-0.2, 0) is 28.6 Å². The monoisotopic (exact) mass is 547 g/mol. The van der Waals surface area contributed by atoms with Crippen molar-refractivity contribution >= 4 is 29.7 Å². The number of hydrogen-bond acceptors (Lipinski definition) is 10. The number of Topliss-reactive ketones (excluding diaryl/α,β-unsaturated/α-hetero) is 1. The highest BCUT2D eigenvalue weighted by molar-refractivity contribution is 6.00. The molecule has 2 amide bonds. The fourth-order valence-electron chi connectivity index (χ4n) is 4.60. The molecule has 12 nitrogen and oxygen atoms in total. The molecular weight excluding hydrogens is 510 g/mol. The molecule has 1 aromatic carbocycles. The smallest absolute Gasteiger partial charge is 0.412 e. The summed E-state index contributed by atoms with van der Waals surface area (Å²) in [6.45, 7) is 6.54. The molecule has 0 spiro atoms. The summed E-state index contributed by atoms with van der Waals surface area (Å²) in [4.78, 5) is 64.3. The standard InChI is InChI=1S/C27H37N3O9/c1-4-24(38-18(3)31)39-27(35)29-13-10-20(11-14-29)25-26(34)30(15-12-28-25)16-22(32)19-6-8-21(9-7-19)37-17-23(33)36-5-2/h6-9,20,24-25,28H,4-5,10-17H2,1-3H3. The second-order valence-electron chi connectivity index (χ2n) is 9.39. The molecule has 2 heterocycles. The third-order valence-corrected chi connectivity index (χ3v) is 6.63. The van der Waals surface area contributed by atoms with Crippen LogP contribution in [-0.4, -0.2) is 97.8 Å². The van der Waals surface area contributed by atoms with Gasteiger partial charge in [0.1, 0.15) is 5.75 Å². The van der Waals surface area contributed by atoms with E-state index in [-0.39, 0.29) is 37.4 Å². The van der Waals surface area contributed by atoms with Crippen LogP contribution in [0.1, 0.15) is 50.4 Å². The van der Waals surface area contributed by atoms with E-state index in [1.807, 2.05) is 0 Å². The Morgan fingerprint density at radius 3 is 2.33 bits per heavy atom. The van der Waals surface area contributed by atoms with Crippen molar-refractivity contribution in [1.29, 1.82) is 0 Å². The predicted molar refractivity (Wildman–Crippen MR) is 138 cm³/mol. The van der Waals surface area contributed by atoms with Crippen molar-refractivity contribution in [2.75, 3.05) is 45.9 Å². The molecule has 2 aliphatic rings. The number of hydrogen-bond donors (Lipinski definition) is 1. The van der Waals surface area contributed by atoms with Crippen LogP contribution in [0.15, 0.2) is 24.3 Å². The van der Waals surface area contributed by atoms with Gasteiger partial charge in [0.25, 0.3) is 0 Å². The van der Waals surface area contributed by atoms with E-state index in [0.717, 1.165) is 0 Å². The summed E-state index contributed by atoms with van der Waals surface area (Å²) in [6, 6.07) is 5.97. The molecule has 3 rings (SSSR count). The lowest BCUT2D eigenvalue weighted by molar-refractivity contribution is -0.167. The minimum absolute atomic E-state index is 0.00530. The van der Waals surface area contributed by atoms with Gasteiger partial charge in [0.05, 0.1) is 19.2 Å². The van der Waals surface area contributed by atoms with Gasteiger partial charge in [-0.25, -0.2) is 9.59 Å². The lowest BCUT2D eigenvalue weighted by atomic mass is 9.87. The van der Waals surface area contributed by atoms with Crippen molar-refractivity contribution in [2.24, 2.45) is 5.92 Å². The summed E-state index contributed by atoms with van der Waals surface area (Å²) in [5.74, 6) is -0.882. The molecule has 2 saturated heterocycles. The molecule has 1 N–H and O–H groups in total. The largest absolute Gasteiger partial charge is 0.482 e. The van der Waals surface area contributed by atoms with E-state index >= 15 is 0 Å². The highest BCUT2D eigenvalue weighted by atomic mass is 16.7. The van der Waals surface area contributed by atoms with E-state index in [2.05, 4.69) is 5.32 Å². The number of nitrogens with one attached hydrogen (secondary N) is 1. The second kappa shape index (κ2) is 14.5. The Hall–Kier alpha value is -3.67. The van der Waals surface area contributed by atoms with Crippen molar-refractivity contribution in [1.82, 2.24) is 15.1 Å². The van der Waals surface area contributed by atoms with Crippen molar-refractivity contribution in [3.63, 3.8) is 0 Å². The summed E-state index contributed by atoms with van der Waals surface area (Å²) in [7, 11) is 0. The average molecular weight is 548 g/mol. The quantitative estimate of drug-likeness (QED) is 0.247. The van der Waals surface area contributed by atoms with E-state index in [1.54, 1.807) is 47.9 Å². The Morgan fingerprint density at radius 1 is 1.03 bits per heavy atom. The summed E-state index contributed by atoms with van der Waals surface area (Å²) < 4.78 is 20.4. The van der Waals surface area contributed by atoms with Crippen LogP contribution < -0.4 is 10.1 Å². The molecule has 39 heavy (non-hydrogen) atoms. The molecule has 2 fully saturated rings. The molecular formula is C27H37N3O9. The number of ketones is 1. The molecule has 0 radical (unpaired) electrons. The fourth-order valence-corrected chi connectivity index (χ4v) is 4.60. The second-order valence-corrected chi connectivity index (χ2v) is 9.39. The maximum absolute atomic E-state index is 13.2. The van der Waals surface area contributed by atoms with Gasteiger partial charge >= 0.3 is 18.0 Å². The van der Waals surface area contributed by atoms with E-state index in [9.17, 15) is 24.0 Å². The maximum atomic E-state index is 13.2. The first-order valence-electron chi connectivity index (χ1n) is 13.3. The van der Waals surface area contributed by atoms with Crippen LogP contribution in [0.3, 0.4) is 0 Å². The number of benzene rings is 1. The van der Waals surface area contributed by atoms with Gasteiger partial charge in [-0.15, -0.1) is 0 Å². The normalized spacial score (nSPS) is 18.7. The first-order chi connectivity index (χ1) is 18.7. The van der Waals surface area contributed by atoms with Crippen LogP contribution in [0.2, 0.25) is 0 Å². The molecule has 1 aromatic rings. The lowest BCUT2D eigenvalue weighted by Gasteiger charge is -2.40. The van der Waals surface area contributed by atoms with Crippen LogP contribution >= 0.6 is 0 Å². The van der Waals surface area contributed by atoms with Crippen LogP contribution in [0, 0.1) is 5.92 Å². The first kappa shape index (κ1) is 29.9. The van der Waals surface area contributed by atoms with Gasteiger partial charge in [-0.1, -0.05) is 6.92 Å². The summed E-state index contributed by atoms with van der Waals surface area (Å²) in [6.07, 6.45) is 0.0721. The van der Waals surface area contributed by atoms with Crippen LogP contribution in [0.25, 0.3) is 0 Å². The number of piperidine rings is 1. The Kier molecular flexibility index (Phi) is 11.1. The number of nitrogens with zero attached hydrogens (tertiary/aromatic N) is 2. The first-order valence-corrected chi connectivity index (χ1v) is 13.3. The summed E-state index contributed by atoms with van der Waals surface area (Å²) in [5, 5.41) is 3.28. The van der Waals surface area contributed by atoms with Crippen LogP contribution in [0.4, 0.5) is 4.79 Å². The molecule has 2 aliphatic heterocycles. The number of carbonyl (C=O) groups excluding carboxylic acids is 5. The van der Waals surface area contributed by atoms with E-state index < -0.39 is 30.4 Å². The minimum Gasteiger partial charge on any atom is -0.482 e. The highest BCUT2D eigenvalue weighted by Gasteiger charge is 2.38. The predicted octanol–water partition coefficient (Wildman–Crippen LogP) is 1.76. The minimum atomic E-state index is -0.922. The Bertz CT molecular complexity index is 1020. The Balaban J connectivity index is 1.48.